The summed E-state index contributed by atoms with van der Waals surface area (Å²) in [6.45, 7) is 1.45. The van der Waals surface area contributed by atoms with Gasteiger partial charge in [-0.25, -0.2) is 0 Å². The molecule has 4 heteroatoms. The molecule has 102 valence electrons. The molecular weight excluding hydrogens is 276 g/mol. The fraction of sp³-hybridized carbons (Fsp3) is 0.125. The number of hydrogen-bond donors (Lipinski definition) is 0. The first-order valence-electron chi connectivity index (χ1n) is 6.10. The topological polar surface area (TPSA) is 43.4 Å². The van der Waals surface area contributed by atoms with Crippen molar-refractivity contribution in [1.82, 2.24) is 0 Å². The number of rotatable bonds is 5. The quantitative estimate of drug-likeness (QED) is 0.621. The van der Waals surface area contributed by atoms with E-state index in [2.05, 4.69) is 0 Å². The van der Waals surface area contributed by atoms with Crippen LogP contribution in [0, 0.1) is 0 Å². The van der Waals surface area contributed by atoms with Crippen molar-refractivity contribution < 1.29 is 14.3 Å². The Labute approximate surface area is 122 Å². The van der Waals surface area contributed by atoms with Crippen LogP contribution in [0.1, 0.15) is 28.9 Å². The van der Waals surface area contributed by atoms with E-state index < -0.39 is 11.3 Å². The minimum atomic E-state index is -0.932. The van der Waals surface area contributed by atoms with E-state index in [1.165, 1.54) is 6.92 Å². The van der Waals surface area contributed by atoms with Gasteiger partial charge in [-0.3, -0.25) is 9.59 Å². The average molecular weight is 289 g/mol. The maximum atomic E-state index is 11.6. The van der Waals surface area contributed by atoms with Gasteiger partial charge in [-0.2, -0.15) is 0 Å². The molecule has 0 saturated heterocycles. The molecule has 0 amide bonds. The molecule has 0 aliphatic heterocycles. The van der Waals surface area contributed by atoms with Gasteiger partial charge in [0.1, 0.15) is 5.75 Å². The number of carbonyl (C=O) groups excluding carboxylic acids is 2. The minimum absolute atomic E-state index is 0.130. The van der Waals surface area contributed by atoms with E-state index in [1.807, 2.05) is 6.07 Å². The van der Waals surface area contributed by atoms with Crippen LogP contribution in [0.4, 0.5) is 0 Å². The molecule has 2 aromatic carbocycles. The van der Waals surface area contributed by atoms with E-state index in [9.17, 15) is 9.59 Å². The van der Waals surface area contributed by atoms with Crippen LogP contribution >= 0.6 is 11.6 Å². The molecule has 20 heavy (non-hydrogen) atoms. The molecule has 0 bridgehead atoms. The van der Waals surface area contributed by atoms with Crippen molar-refractivity contribution in [3.8, 4) is 5.75 Å². The summed E-state index contributed by atoms with van der Waals surface area (Å²) < 4.78 is 5.65. The summed E-state index contributed by atoms with van der Waals surface area (Å²) >= 11 is 5.61. The summed E-state index contributed by atoms with van der Waals surface area (Å²) in [7, 11) is 0. The second kappa shape index (κ2) is 6.35. The van der Waals surface area contributed by atoms with E-state index in [0.717, 1.165) is 0 Å². The van der Waals surface area contributed by atoms with Crippen LogP contribution in [0.2, 0.25) is 0 Å². The Morgan fingerprint density at radius 1 is 1.00 bits per heavy atom. The van der Waals surface area contributed by atoms with Gasteiger partial charge in [-0.15, -0.1) is 0 Å². The van der Waals surface area contributed by atoms with Crippen LogP contribution in [0.3, 0.4) is 0 Å². The molecule has 2 rings (SSSR count). The molecule has 0 radical (unpaired) electrons. The smallest absolute Gasteiger partial charge is 0.267 e. The van der Waals surface area contributed by atoms with Crippen LogP contribution in [-0.2, 0) is 4.79 Å². The highest BCUT2D eigenvalue weighted by atomic mass is 35.5. The molecule has 0 spiro atoms. The van der Waals surface area contributed by atoms with Gasteiger partial charge in [0, 0.05) is 5.56 Å². The highest BCUT2D eigenvalue weighted by molar-refractivity contribution is 6.64. The molecule has 0 fully saturated rings. The molecule has 0 saturated carbocycles. The number of para-hydroxylation sites is 1. The van der Waals surface area contributed by atoms with Crippen LogP contribution in [0.5, 0.6) is 5.75 Å². The fourth-order valence-electron chi connectivity index (χ4n) is 1.86. The second-order valence-corrected chi connectivity index (χ2v) is 4.64. The molecule has 0 heterocycles. The normalized spacial score (nSPS) is 11.7. The molecule has 0 aliphatic carbocycles. The number of Topliss-reactive ketones (excluding diaryl/α,β-unsaturated/α-hetero) is 1. The number of carbonyl (C=O) groups is 2. The largest absolute Gasteiger partial charge is 0.476 e. The van der Waals surface area contributed by atoms with E-state index >= 15 is 0 Å². The molecule has 0 aromatic heterocycles. The lowest BCUT2D eigenvalue weighted by Crippen LogP contribution is -2.15. The van der Waals surface area contributed by atoms with Gasteiger partial charge in [0.25, 0.3) is 5.24 Å². The van der Waals surface area contributed by atoms with Crippen molar-refractivity contribution in [2.24, 2.45) is 0 Å². The summed E-state index contributed by atoms with van der Waals surface area (Å²) in [5.74, 6) is 0.220. The number of halogens is 1. The number of ether oxygens (including phenoxy) is 1. The summed E-state index contributed by atoms with van der Waals surface area (Å²) in [5.41, 5.74) is 1.07. The molecule has 1 unspecified atom stereocenters. The zero-order valence-corrected chi connectivity index (χ0v) is 11.6. The highest BCUT2D eigenvalue weighted by Gasteiger charge is 2.22. The van der Waals surface area contributed by atoms with Gasteiger partial charge in [0.2, 0.25) is 0 Å². The third kappa shape index (κ3) is 3.25. The summed E-state index contributed by atoms with van der Waals surface area (Å²) in [5, 5.41) is -0.630. The molecule has 0 aliphatic rings. The zero-order valence-electron chi connectivity index (χ0n) is 10.9. The lowest BCUT2D eigenvalue weighted by Gasteiger charge is -2.17. The second-order valence-electron chi connectivity index (χ2n) is 4.27. The maximum absolute atomic E-state index is 11.6. The van der Waals surface area contributed by atoms with Crippen LogP contribution < -0.4 is 4.74 Å². The van der Waals surface area contributed by atoms with Crippen LogP contribution in [0.25, 0.3) is 0 Å². The minimum Gasteiger partial charge on any atom is -0.476 e. The summed E-state index contributed by atoms with van der Waals surface area (Å²) in [4.78, 5) is 23.1. The van der Waals surface area contributed by atoms with Gasteiger partial charge in [-0.05, 0) is 30.7 Å². The van der Waals surface area contributed by atoms with Gasteiger partial charge < -0.3 is 4.74 Å². The number of ketones is 1. The van der Waals surface area contributed by atoms with Crippen molar-refractivity contribution in [3.63, 3.8) is 0 Å². The van der Waals surface area contributed by atoms with Crippen molar-refractivity contribution in [2.45, 2.75) is 13.0 Å². The lowest BCUT2D eigenvalue weighted by atomic mass is 10.1. The lowest BCUT2D eigenvalue weighted by molar-refractivity contribution is -0.118. The maximum Gasteiger partial charge on any atom is 0.267 e. The first-order chi connectivity index (χ1) is 9.59. The Balaban J connectivity index is 2.35. The molecule has 2 aromatic rings. The van der Waals surface area contributed by atoms with E-state index in [4.69, 9.17) is 16.3 Å². The van der Waals surface area contributed by atoms with Crippen molar-refractivity contribution in [3.05, 3.63) is 65.7 Å². The predicted molar refractivity (Wildman–Crippen MR) is 77.1 cm³/mol. The third-order valence-corrected chi connectivity index (χ3v) is 3.02. The molecule has 0 N–H and O–H groups in total. The number of benzene rings is 2. The Morgan fingerprint density at radius 3 is 2.20 bits per heavy atom. The van der Waals surface area contributed by atoms with E-state index in [-0.39, 0.29) is 5.78 Å². The Hall–Kier alpha value is -2.13. The van der Waals surface area contributed by atoms with E-state index in [1.54, 1.807) is 48.5 Å². The SMILES string of the molecule is CC(=O)c1ccccc1OC(C(=O)Cl)c1ccccc1. The standard InChI is InChI=1S/C16H13ClO3/c1-11(18)13-9-5-6-10-14(13)20-15(16(17)19)12-7-3-2-4-8-12/h2-10,15H,1H3. The predicted octanol–water partition coefficient (Wildman–Crippen LogP) is 3.77. The third-order valence-electron chi connectivity index (χ3n) is 2.82. The zero-order chi connectivity index (χ0) is 14.5. The first-order valence-corrected chi connectivity index (χ1v) is 6.48. The molecule has 3 nitrogen and oxygen atoms in total. The van der Waals surface area contributed by atoms with Crippen LogP contribution in [-0.4, -0.2) is 11.0 Å². The fourth-order valence-corrected chi connectivity index (χ4v) is 2.03. The van der Waals surface area contributed by atoms with Crippen molar-refractivity contribution in [2.75, 3.05) is 0 Å². The van der Waals surface area contributed by atoms with Gasteiger partial charge in [0.05, 0.1) is 5.56 Å². The Kier molecular flexibility index (Phi) is 4.53. The first kappa shape index (κ1) is 14.3. The highest BCUT2D eigenvalue weighted by Crippen LogP contribution is 2.27. The van der Waals surface area contributed by atoms with Crippen molar-refractivity contribution >= 4 is 22.6 Å². The Morgan fingerprint density at radius 2 is 1.60 bits per heavy atom. The van der Waals surface area contributed by atoms with E-state index in [0.29, 0.717) is 16.9 Å². The Bertz CT molecular complexity index is 623. The molecular formula is C16H13ClO3. The van der Waals surface area contributed by atoms with Gasteiger partial charge in [0.15, 0.2) is 11.9 Å². The average Bonchev–Trinajstić information content (AvgIpc) is 2.45. The van der Waals surface area contributed by atoms with Crippen LogP contribution in [0.15, 0.2) is 54.6 Å². The van der Waals surface area contributed by atoms with Crippen molar-refractivity contribution in [1.29, 1.82) is 0 Å². The van der Waals surface area contributed by atoms with Gasteiger partial charge in [-0.1, -0.05) is 42.5 Å². The molecule has 1 atom stereocenters. The monoisotopic (exact) mass is 288 g/mol. The summed E-state index contributed by atoms with van der Waals surface area (Å²) in [6.07, 6.45) is -0.932. The van der Waals surface area contributed by atoms with Gasteiger partial charge >= 0.3 is 0 Å². The number of hydrogen-bond acceptors (Lipinski definition) is 3. The summed E-state index contributed by atoms with van der Waals surface area (Å²) in [6, 6.07) is 15.7.